The zero-order valence-corrected chi connectivity index (χ0v) is 17.3. The number of halogens is 1. The van der Waals surface area contributed by atoms with Gasteiger partial charge in [-0.1, -0.05) is 57.9 Å². The van der Waals surface area contributed by atoms with Crippen LogP contribution in [0.15, 0.2) is 70.7 Å². The molecule has 1 aliphatic carbocycles. The second-order valence-electron chi connectivity index (χ2n) is 7.19. The van der Waals surface area contributed by atoms with E-state index < -0.39 is 0 Å². The minimum absolute atomic E-state index is 0.0339. The molecule has 0 fully saturated rings. The minimum Gasteiger partial charge on any atom is -0.352 e. The number of rotatable bonds is 5. The maximum Gasteiger partial charge on any atom is 0.252 e. The molecule has 0 saturated carbocycles. The van der Waals surface area contributed by atoms with Gasteiger partial charge in [-0.25, -0.2) is 4.98 Å². The van der Waals surface area contributed by atoms with E-state index in [-0.39, 0.29) is 5.91 Å². The van der Waals surface area contributed by atoms with Gasteiger partial charge in [0.15, 0.2) is 0 Å². The average molecular weight is 435 g/mol. The van der Waals surface area contributed by atoms with E-state index in [1.54, 1.807) is 0 Å². The molecule has 2 aromatic carbocycles. The molecule has 3 nitrogen and oxygen atoms in total. The Morgan fingerprint density at radius 2 is 1.89 bits per heavy atom. The van der Waals surface area contributed by atoms with Crippen LogP contribution in [0.5, 0.6) is 0 Å². The predicted molar refractivity (Wildman–Crippen MR) is 118 cm³/mol. The average Bonchev–Trinajstić information content (AvgIpc) is 2.74. The normalized spacial score (nSPS) is 14.0. The lowest BCUT2D eigenvalue weighted by Gasteiger charge is -2.14. The highest BCUT2D eigenvalue weighted by molar-refractivity contribution is 9.10. The summed E-state index contributed by atoms with van der Waals surface area (Å²) in [5.74, 6) is -0.0339. The highest BCUT2D eigenvalue weighted by Crippen LogP contribution is 2.26. The summed E-state index contributed by atoms with van der Waals surface area (Å²) in [5.41, 5.74) is 4.80. The van der Waals surface area contributed by atoms with Gasteiger partial charge in [-0.3, -0.25) is 4.79 Å². The number of nitrogens with one attached hydrogen (secondary N) is 1. The Morgan fingerprint density at radius 3 is 2.68 bits per heavy atom. The van der Waals surface area contributed by atoms with Crippen molar-refractivity contribution in [1.82, 2.24) is 10.3 Å². The van der Waals surface area contributed by atoms with Crippen LogP contribution in [0.3, 0.4) is 0 Å². The molecule has 1 N–H and O–H groups in total. The Bertz CT molecular complexity index is 1020. The number of carbonyl (C=O) groups excluding carboxylic acids is 1. The SMILES string of the molecule is O=C(NCCC1=CCCCC1)c1cc(-c2ccc(Br)cc2)nc2ccccc12. The van der Waals surface area contributed by atoms with Gasteiger partial charge in [-0.2, -0.15) is 0 Å². The second-order valence-corrected chi connectivity index (χ2v) is 8.11. The van der Waals surface area contributed by atoms with Crippen molar-refractivity contribution in [2.45, 2.75) is 32.1 Å². The van der Waals surface area contributed by atoms with Crippen LogP contribution in [-0.4, -0.2) is 17.4 Å². The number of amides is 1. The summed E-state index contributed by atoms with van der Waals surface area (Å²) >= 11 is 3.47. The third-order valence-electron chi connectivity index (χ3n) is 5.22. The molecule has 142 valence electrons. The van der Waals surface area contributed by atoms with Crippen molar-refractivity contribution in [2.24, 2.45) is 0 Å². The number of allylic oxidation sites excluding steroid dienone is 1. The molecule has 4 heteroatoms. The predicted octanol–water partition coefficient (Wildman–Crippen LogP) is 6.28. The molecule has 28 heavy (non-hydrogen) atoms. The lowest BCUT2D eigenvalue weighted by Crippen LogP contribution is -2.25. The van der Waals surface area contributed by atoms with E-state index in [0.717, 1.165) is 33.1 Å². The van der Waals surface area contributed by atoms with Gasteiger partial charge in [0.05, 0.1) is 16.8 Å². The molecule has 1 amide bonds. The highest BCUT2D eigenvalue weighted by Gasteiger charge is 2.14. The number of pyridine rings is 1. The zero-order valence-electron chi connectivity index (χ0n) is 15.7. The van der Waals surface area contributed by atoms with Crippen LogP contribution in [0.4, 0.5) is 0 Å². The second kappa shape index (κ2) is 8.70. The van der Waals surface area contributed by atoms with Crippen LogP contribution in [0.25, 0.3) is 22.2 Å². The first kappa shape index (κ1) is 18.9. The van der Waals surface area contributed by atoms with Crippen molar-refractivity contribution in [3.05, 3.63) is 76.3 Å². The molecule has 0 saturated heterocycles. The topological polar surface area (TPSA) is 42.0 Å². The zero-order chi connectivity index (χ0) is 19.3. The van der Waals surface area contributed by atoms with Gasteiger partial charge in [0, 0.05) is 22.0 Å². The highest BCUT2D eigenvalue weighted by atomic mass is 79.9. The molecule has 4 rings (SSSR count). The lowest BCUT2D eigenvalue weighted by atomic mass is 9.97. The Hall–Kier alpha value is -2.46. The summed E-state index contributed by atoms with van der Waals surface area (Å²) in [6, 6.07) is 17.7. The minimum atomic E-state index is -0.0339. The molecule has 1 aromatic heterocycles. The fourth-order valence-electron chi connectivity index (χ4n) is 3.70. The molecule has 0 spiro atoms. The van der Waals surface area contributed by atoms with Crippen LogP contribution in [-0.2, 0) is 0 Å². The number of fused-ring (bicyclic) bond motifs is 1. The van der Waals surface area contributed by atoms with Crippen molar-refractivity contribution in [3.8, 4) is 11.3 Å². The van der Waals surface area contributed by atoms with E-state index in [2.05, 4.69) is 27.3 Å². The third kappa shape index (κ3) is 4.33. The Labute approximate surface area is 174 Å². The smallest absolute Gasteiger partial charge is 0.252 e. The van der Waals surface area contributed by atoms with Crippen molar-refractivity contribution in [2.75, 3.05) is 6.54 Å². The number of para-hydroxylation sites is 1. The number of hydrogen-bond acceptors (Lipinski definition) is 2. The van der Waals surface area contributed by atoms with Gasteiger partial charge < -0.3 is 5.32 Å². The Morgan fingerprint density at radius 1 is 1.07 bits per heavy atom. The monoisotopic (exact) mass is 434 g/mol. The third-order valence-corrected chi connectivity index (χ3v) is 5.75. The summed E-state index contributed by atoms with van der Waals surface area (Å²) in [6.07, 6.45) is 8.18. The van der Waals surface area contributed by atoms with E-state index >= 15 is 0 Å². The quantitative estimate of drug-likeness (QED) is 0.479. The largest absolute Gasteiger partial charge is 0.352 e. The molecule has 0 bridgehead atoms. The van der Waals surface area contributed by atoms with E-state index in [1.165, 1.54) is 31.3 Å². The molecule has 0 unspecified atom stereocenters. The van der Waals surface area contributed by atoms with Crippen molar-refractivity contribution in [3.63, 3.8) is 0 Å². The van der Waals surface area contributed by atoms with Crippen LogP contribution >= 0.6 is 15.9 Å². The van der Waals surface area contributed by atoms with E-state index in [1.807, 2.05) is 54.6 Å². The first-order valence-corrected chi connectivity index (χ1v) is 10.6. The van der Waals surface area contributed by atoms with Crippen molar-refractivity contribution in [1.29, 1.82) is 0 Å². The van der Waals surface area contributed by atoms with Crippen molar-refractivity contribution >= 4 is 32.7 Å². The first-order valence-electron chi connectivity index (χ1n) is 9.82. The molecule has 1 heterocycles. The summed E-state index contributed by atoms with van der Waals surface area (Å²) in [6.45, 7) is 0.676. The van der Waals surface area contributed by atoms with Crippen LogP contribution in [0, 0.1) is 0 Å². The van der Waals surface area contributed by atoms with E-state index in [0.29, 0.717) is 12.1 Å². The fourth-order valence-corrected chi connectivity index (χ4v) is 3.96. The molecule has 0 atom stereocenters. The molecule has 3 aromatic rings. The van der Waals surface area contributed by atoms with Gasteiger partial charge in [-0.05, 0) is 56.4 Å². The number of nitrogens with zero attached hydrogens (tertiary/aromatic N) is 1. The van der Waals surface area contributed by atoms with Crippen LogP contribution in [0.1, 0.15) is 42.5 Å². The molecular formula is C24H23BrN2O. The molecule has 1 aliphatic rings. The van der Waals surface area contributed by atoms with E-state index in [9.17, 15) is 4.79 Å². The Kier molecular flexibility index (Phi) is 5.87. The van der Waals surface area contributed by atoms with Gasteiger partial charge in [0.25, 0.3) is 5.91 Å². The molecule has 0 radical (unpaired) electrons. The molecular weight excluding hydrogens is 412 g/mol. The summed E-state index contributed by atoms with van der Waals surface area (Å²) < 4.78 is 1.02. The summed E-state index contributed by atoms with van der Waals surface area (Å²) in [5, 5.41) is 4.00. The lowest BCUT2D eigenvalue weighted by molar-refractivity contribution is 0.0955. The Balaban J connectivity index is 1.60. The van der Waals surface area contributed by atoms with Crippen LogP contribution < -0.4 is 5.32 Å². The van der Waals surface area contributed by atoms with Gasteiger partial charge in [0.2, 0.25) is 0 Å². The summed E-state index contributed by atoms with van der Waals surface area (Å²) in [4.78, 5) is 17.7. The number of hydrogen-bond donors (Lipinski definition) is 1. The molecule has 0 aliphatic heterocycles. The number of aromatic nitrogens is 1. The standard InChI is InChI=1S/C24H23BrN2O/c25-19-12-10-18(11-13-19)23-16-21(20-8-4-5-9-22(20)27-23)24(28)26-15-14-17-6-2-1-3-7-17/h4-6,8-13,16H,1-3,7,14-15H2,(H,26,28). The number of carbonyl (C=O) groups is 1. The fraction of sp³-hybridized carbons (Fsp3) is 0.250. The maximum absolute atomic E-state index is 13.0. The maximum atomic E-state index is 13.0. The van der Waals surface area contributed by atoms with Crippen LogP contribution in [0.2, 0.25) is 0 Å². The summed E-state index contributed by atoms with van der Waals surface area (Å²) in [7, 11) is 0. The van der Waals surface area contributed by atoms with Gasteiger partial charge in [0.1, 0.15) is 0 Å². The van der Waals surface area contributed by atoms with Gasteiger partial charge >= 0.3 is 0 Å². The van der Waals surface area contributed by atoms with Crippen molar-refractivity contribution < 1.29 is 4.79 Å². The number of benzene rings is 2. The first-order chi connectivity index (χ1) is 13.7. The van der Waals surface area contributed by atoms with Gasteiger partial charge in [-0.15, -0.1) is 0 Å². The van der Waals surface area contributed by atoms with E-state index in [4.69, 9.17) is 4.98 Å².